The van der Waals surface area contributed by atoms with Crippen LogP contribution < -0.4 is 15.6 Å². The molecular formula is C31H29Cl2N6O3P. The number of pyridine rings is 1. The first-order valence-corrected chi connectivity index (χ1v) is 17.0. The predicted octanol–water partition coefficient (Wildman–Crippen LogP) is 6.55. The summed E-state index contributed by atoms with van der Waals surface area (Å²) in [5.74, 6) is 1.18. The average molecular weight is 635 g/mol. The van der Waals surface area contributed by atoms with Crippen molar-refractivity contribution in [3.8, 4) is 22.6 Å². The second kappa shape index (κ2) is 11.0. The van der Waals surface area contributed by atoms with Gasteiger partial charge in [-0.2, -0.15) is 0 Å². The van der Waals surface area contributed by atoms with Crippen LogP contribution in [0.25, 0.3) is 27.8 Å². The van der Waals surface area contributed by atoms with Gasteiger partial charge in [0, 0.05) is 27.5 Å². The molecule has 0 bridgehead atoms. The lowest BCUT2D eigenvalue weighted by Gasteiger charge is -2.37. The Morgan fingerprint density at radius 2 is 1.88 bits per heavy atom. The number of nitrogens with one attached hydrogen (secondary N) is 1. The summed E-state index contributed by atoms with van der Waals surface area (Å²) in [6.45, 7) is 5.57. The van der Waals surface area contributed by atoms with Gasteiger partial charge in [0.25, 0.3) is 5.56 Å². The topological polar surface area (TPSA) is 108 Å². The van der Waals surface area contributed by atoms with E-state index in [1.165, 1.54) is 4.68 Å². The maximum atomic E-state index is 14.0. The Balaban J connectivity index is 1.50. The van der Waals surface area contributed by atoms with E-state index in [-0.39, 0.29) is 10.7 Å². The van der Waals surface area contributed by atoms with E-state index in [9.17, 15) is 9.36 Å². The Morgan fingerprint density at radius 3 is 2.58 bits per heavy atom. The zero-order valence-electron chi connectivity index (χ0n) is 24.0. The molecule has 6 rings (SSSR count). The number of methoxy groups -OCH3 is 1. The number of aromatic nitrogens is 6. The van der Waals surface area contributed by atoms with Crippen LogP contribution in [-0.4, -0.2) is 50.0 Å². The van der Waals surface area contributed by atoms with Gasteiger partial charge in [-0.05, 0) is 56.1 Å². The molecule has 43 heavy (non-hydrogen) atoms. The van der Waals surface area contributed by atoms with Crippen LogP contribution in [0.4, 0.5) is 0 Å². The van der Waals surface area contributed by atoms with Gasteiger partial charge in [0.15, 0.2) is 5.15 Å². The van der Waals surface area contributed by atoms with Crippen molar-refractivity contribution in [1.29, 1.82) is 0 Å². The first kappa shape index (κ1) is 29.2. The van der Waals surface area contributed by atoms with Crippen LogP contribution in [0.15, 0.2) is 84.0 Å². The van der Waals surface area contributed by atoms with Gasteiger partial charge in [-0.15, -0.1) is 5.10 Å². The molecule has 0 fully saturated rings. The standard InChI is InChI=1S/C31H29Cl2N6O3P/c1-5-31(30-34-23-11-10-20(43(3,4)41)15-24(23)35-30)13-7-6-8-27(31)38-17-26(42-2)22(16-29(38)40)21-14-19(32)9-12-25(21)39-18-28(33)36-37-39/h6-18,27H,5H2,1-4H3,(H,34,35). The molecule has 3 aromatic heterocycles. The summed E-state index contributed by atoms with van der Waals surface area (Å²) in [4.78, 5) is 22.4. The van der Waals surface area contributed by atoms with Crippen molar-refractivity contribution in [3.05, 3.63) is 106 Å². The highest BCUT2D eigenvalue weighted by Gasteiger charge is 2.41. The maximum Gasteiger partial charge on any atom is 0.251 e. The summed E-state index contributed by atoms with van der Waals surface area (Å²) in [5, 5.41) is 9.47. The Kier molecular flexibility index (Phi) is 7.45. The van der Waals surface area contributed by atoms with Gasteiger partial charge in [0.1, 0.15) is 18.7 Å². The number of imidazole rings is 1. The van der Waals surface area contributed by atoms with Crippen molar-refractivity contribution in [2.24, 2.45) is 0 Å². The number of fused-ring (bicyclic) bond motifs is 1. The quantitative estimate of drug-likeness (QED) is 0.203. The number of nitrogens with zero attached hydrogens (tertiary/aromatic N) is 5. The van der Waals surface area contributed by atoms with Gasteiger partial charge in [-0.3, -0.25) is 4.79 Å². The molecule has 1 N–H and O–H groups in total. The van der Waals surface area contributed by atoms with Crippen LogP contribution in [0.1, 0.15) is 25.2 Å². The minimum atomic E-state index is -2.46. The molecule has 2 atom stereocenters. The summed E-state index contributed by atoms with van der Waals surface area (Å²) < 4.78 is 21.8. The summed E-state index contributed by atoms with van der Waals surface area (Å²) >= 11 is 12.4. The van der Waals surface area contributed by atoms with E-state index in [2.05, 4.69) is 28.3 Å². The molecule has 220 valence electrons. The first-order valence-electron chi connectivity index (χ1n) is 13.6. The largest absolute Gasteiger partial charge is 0.495 e. The minimum Gasteiger partial charge on any atom is -0.495 e. The molecule has 0 spiro atoms. The molecule has 9 nitrogen and oxygen atoms in total. The fourth-order valence-corrected chi connectivity index (χ4v) is 6.85. The Labute approximate surface area is 258 Å². The van der Waals surface area contributed by atoms with Crippen molar-refractivity contribution < 1.29 is 9.30 Å². The summed E-state index contributed by atoms with van der Waals surface area (Å²) in [7, 11) is -0.896. The highest BCUT2D eigenvalue weighted by Crippen LogP contribution is 2.44. The van der Waals surface area contributed by atoms with Gasteiger partial charge in [0.2, 0.25) is 0 Å². The van der Waals surface area contributed by atoms with Crippen molar-refractivity contribution >= 4 is 46.7 Å². The Bertz CT molecular complexity index is 2040. The highest BCUT2D eigenvalue weighted by molar-refractivity contribution is 7.70. The van der Waals surface area contributed by atoms with Crippen molar-refractivity contribution in [1.82, 2.24) is 29.5 Å². The number of allylic oxidation sites excluding steroid dienone is 4. The van der Waals surface area contributed by atoms with E-state index in [1.54, 1.807) is 61.7 Å². The van der Waals surface area contributed by atoms with E-state index in [0.29, 0.717) is 39.8 Å². The third kappa shape index (κ3) is 5.16. The number of rotatable bonds is 7. The zero-order chi connectivity index (χ0) is 30.5. The number of H-pyrrole nitrogens is 1. The molecule has 5 aromatic rings. The molecule has 0 saturated heterocycles. The fraction of sp³-hybridized carbons (Fsp3) is 0.226. The second-order valence-corrected chi connectivity index (χ2v) is 14.9. The zero-order valence-corrected chi connectivity index (χ0v) is 26.4. The van der Waals surface area contributed by atoms with E-state index < -0.39 is 18.6 Å². The molecule has 0 aliphatic heterocycles. The third-order valence-electron chi connectivity index (χ3n) is 7.96. The van der Waals surface area contributed by atoms with E-state index in [4.69, 9.17) is 32.9 Å². The van der Waals surface area contributed by atoms with Crippen LogP contribution in [0.3, 0.4) is 0 Å². The van der Waals surface area contributed by atoms with Crippen LogP contribution in [0, 0.1) is 0 Å². The van der Waals surface area contributed by atoms with Crippen molar-refractivity contribution in [3.63, 3.8) is 0 Å². The predicted molar refractivity (Wildman–Crippen MR) is 172 cm³/mol. The molecule has 2 aromatic carbocycles. The minimum absolute atomic E-state index is 0.233. The lowest BCUT2D eigenvalue weighted by molar-refractivity contribution is 0.341. The van der Waals surface area contributed by atoms with E-state index in [0.717, 1.165) is 16.3 Å². The Hall–Kier alpha value is -3.91. The number of hydrogen-bond donors (Lipinski definition) is 1. The molecule has 1 aliphatic rings. The van der Waals surface area contributed by atoms with E-state index >= 15 is 0 Å². The Morgan fingerprint density at radius 1 is 1.07 bits per heavy atom. The van der Waals surface area contributed by atoms with Crippen LogP contribution in [0.5, 0.6) is 5.75 Å². The highest BCUT2D eigenvalue weighted by atomic mass is 35.5. The first-order chi connectivity index (χ1) is 20.5. The molecule has 2 unspecified atom stereocenters. The van der Waals surface area contributed by atoms with Gasteiger partial charge in [-0.1, -0.05) is 59.6 Å². The average Bonchev–Trinajstić information content (AvgIpc) is 3.62. The summed E-state index contributed by atoms with van der Waals surface area (Å²) in [6.07, 6.45) is 11.9. The molecule has 0 amide bonds. The van der Waals surface area contributed by atoms with Gasteiger partial charge < -0.3 is 18.9 Å². The number of aromatic amines is 1. The van der Waals surface area contributed by atoms with Crippen molar-refractivity contribution in [2.45, 2.75) is 24.8 Å². The van der Waals surface area contributed by atoms with Crippen LogP contribution >= 0.6 is 30.3 Å². The molecule has 1 aliphatic carbocycles. The molecule has 0 radical (unpaired) electrons. The SMILES string of the molecule is CCC1(c2nc3ccc(P(C)(C)=O)cc3[nH]2)C=CC=CC1n1cc(OC)c(-c2cc(Cl)ccc2-n2cc(Cl)nn2)cc1=O. The number of benzene rings is 2. The summed E-state index contributed by atoms with van der Waals surface area (Å²) in [5.41, 5.74) is 2.46. The fourth-order valence-electron chi connectivity index (χ4n) is 5.68. The molecular weight excluding hydrogens is 606 g/mol. The van der Waals surface area contributed by atoms with Crippen molar-refractivity contribution in [2.75, 3.05) is 20.4 Å². The van der Waals surface area contributed by atoms with Gasteiger partial charge in [0.05, 0.1) is 47.7 Å². The van der Waals surface area contributed by atoms with Gasteiger partial charge in [-0.25, -0.2) is 9.67 Å². The normalized spacial score (nSPS) is 18.4. The maximum absolute atomic E-state index is 14.0. The summed E-state index contributed by atoms with van der Waals surface area (Å²) in [6, 6.07) is 12.1. The monoisotopic (exact) mass is 634 g/mol. The lowest BCUT2D eigenvalue weighted by atomic mass is 9.74. The van der Waals surface area contributed by atoms with E-state index in [1.807, 2.05) is 36.4 Å². The second-order valence-electron chi connectivity index (χ2n) is 10.9. The number of halogens is 2. The van der Waals surface area contributed by atoms with Crippen LogP contribution in [0.2, 0.25) is 10.2 Å². The number of ether oxygens (including phenoxy) is 1. The molecule has 12 heteroatoms. The number of hydrogen-bond acceptors (Lipinski definition) is 6. The third-order valence-corrected chi connectivity index (χ3v) is 9.89. The van der Waals surface area contributed by atoms with Crippen LogP contribution in [-0.2, 0) is 9.98 Å². The smallest absolute Gasteiger partial charge is 0.251 e. The van der Waals surface area contributed by atoms with Gasteiger partial charge >= 0.3 is 0 Å². The molecule has 3 heterocycles. The lowest BCUT2D eigenvalue weighted by Crippen LogP contribution is -2.40. The molecule has 0 saturated carbocycles.